The largest absolute Gasteiger partial charge is 0.508 e. The van der Waals surface area contributed by atoms with Gasteiger partial charge in [0, 0.05) is 18.0 Å². The summed E-state index contributed by atoms with van der Waals surface area (Å²) in [6.07, 6.45) is 0.210. The molecule has 1 aliphatic carbocycles. The fraction of sp³-hybridized carbons (Fsp3) is 0.516. The number of phenolic OH excluding ortho intramolecular Hbond substituents is 1. The Morgan fingerprint density at radius 1 is 1.05 bits per heavy atom. The highest BCUT2D eigenvalue weighted by Crippen LogP contribution is 2.41. The molecular formula is C31H43N3O5. The average Bonchev–Trinajstić information content (AvgIpc) is 3.51. The van der Waals surface area contributed by atoms with E-state index < -0.39 is 29.3 Å². The van der Waals surface area contributed by atoms with Crippen LogP contribution in [-0.2, 0) is 20.7 Å². The molecule has 2 aromatic rings. The number of nitrogens with one attached hydrogen (secondary N) is 2. The lowest BCUT2D eigenvalue weighted by Gasteiger charge is -2.36. The van der Waals surface area contributed by atoms with Gasteiger partial charge in [-0.3, -0.25) is 9.59 Å². The molecule has 4 unspecified atom stereocenters. The van der Waals surface area contributed by atoms with Crippen LogP contribution in [0, 0.1) is 12.8 Å². The van der Waals surface area contributed by atoms with Crippen LogP contribution in [0.5, 0.6) is 5.75 Å². The van der Waals surface area contributed by atoms with Gasteiger partial charge in [0.1, 0.15) is 23.4 Å². The van der Waals surface area contributed by atoms with Crippen LogP contribution in [0.4, 0.5) is 4.79 Å². The lowest BCUT2D eigenvalue weighted by Crippen LogP contribution is -2.56. The van der Waals surface area contributed by atoms with Crippen LogP contribution in [0.15, 0.2) is 48.5 Å². The van der Waals surface area contributed by atoms with Gasteiger partial charge in [-0.25, -0.2) is 4.79 Å². The molecule has 0 aromatic heterocycles. The van der Waals surface area contributed by atoms with Crippen LogP contribution in [0.25, 0.3) is 0 Å². The molecule has 0 radical (unpaired) electrons. The molecule has 3 amide bonds. The normalized spacial score (nSPS) is 18.5. The molecule has 4 atom stereocenters. The molecule has 212 valence electrons. The second kappa shape index (κ2) is 11.7. The number of aromatic hydroxyl groups is 1. The monoisotopic (exact) mass is 537 g/mol. The number of rotatable bonds is 8. The first-order valence-corrected chi connectivity index (χ1v) is 13.5. The molecule has 0 saturated heterocycles. The summed E-state index contributed by atoms with van der Waals surface area (Å²) in [4.78, 5) is 42.8. The third kappa shape index (κ3) is 8.73. The van der Waals surface area contributed by atoms with Crippen molar-refractivity contribution in [3.63, 3.8) is 0 Å². The highest BCUT2D eigenvalue weighted by Gasteiger charge is 2.48. The number of alkyl carbamates (subject to hydrolysis) is 1. The van der Waals surface area contributed by atoms with Gasteiger partial charge in [-0.15, -0.1) is 0 Å². The maximum Gasteiger partial charge on any atom is 0.408 e. The predicted octanol–water partition coefficient (Wildman–Crippen LogP) is 5.03. The van der Waals surface area contributed by atoms with Crippen LogP contribution in [0.1, 0.15) is 77.6 Å². The summed E-state index contributed by atoms with van der Waals surface area (Å²) in [6, 6.07) is 12.1. The topological polar surface area (TPSA) is 108 Å². The number of amides is 3. The van der Waals surface area contributed by atoms with Gasteiger partial charge in [0.2, 0.25) is 11.8 Å². The van der Waals surface area contributed by atoms with E-state index in [1.807, 2.05) is 52.0 Å². The predicted molar refractivity (Wildman–Crippen MR) is 151 cm³/mol. The van der Waals surface area contributed by atoms with Gasteiger partial charge in [-0.2, -0.15) is 0 Å². The Labute approximate surface area is 232 Å². The minimum Gasteiger partial charge on any atom is -0.508 e. The van der Waals surface area contributed by atoms with Crippen LogP contribution < -0.4 is 10.6 Å². The van der Waals surface area contributed by atoms with E-state index in [-0.39, 0.29) is 35.9 Å². The fourth-order valence-electron chi connectivity index (χ4n) is 4.59. The van der Waals surface area contributed by atoms with E-state index in [4.69, 9.17) is 4.74 Å². The Hall–Kier alpha value is -3.55. The van der Waals surface area contributed by atoms with E-state index in [9.17, 15) is 19.5 Å². The van der Waals surface area contributed by atoms with Crippen LogP contribution in [-0.4, -0.2) is 51.1 Å². The number of nitrogens with zero attached hydrogens (tertiary/aromatic N) is 1. The zero-order valence-corrected chi connectivity index (χ0v) is 24.4. The molecule has 8 nitrogen and oxygen atoms in total. The van der Waals surface area contributed by atoms with Crippen LogP contribution in [0.3, 0.4) is 0 Å². The Balaban J connectivity index is 2.06. The lowest BCUT2D eigenvalue weighted by molar-refractivity contribution is -0.144. The number of hydrogen-bond donors (Lipinski definition) is 3. The summed E-state index contributed by atoms with van der Waals surface area (Å²) in [7, 11) is 0. The first-order chi connectivity index (χ1) is 18.0. The molecule has 2 aromatic carbocycles. The van der Waals surface area contributed by atoms with Crippen molar-refractivity contribution in [1.29, 1.82) is 0 Å². The van der Waals surface area contributed by atoms with Crippen molar-refractivity contribution >= 4 is 17.9 Å². The molecule has 39 heavy (non-hydrogen) atoms. The number of hydrogen-bond acceptors (Lipinski definition) is 5. The van der Waals surface area contributed by atoms with Gasteiger partial charge in [0.05, 0.1) is 0 Å². The van der Waals surface area contributed by atoms with E-state index in [1.165, 1.54) is 12.1 Å². The molecule has 0 bridgehead atoms. The van der Waals surface area contributed by atoms with Crippen molar-refractivity contribution in [2.24, 2.45) is 5.92 Å². The molecule has 0 heterocycles. The molecule has 1 saturated carbocycles. The van der Waals surface area contributed by atoms with Gasteiger partial charge < -0.3 is 25.4 Å². The third-order valence-electron chi connectivity index (χ3n) is 6.43. The van der Waals surface area contributed by atoms with Gasteiger partial charge in [0.15, 0.2) is 0 Å². The van der Waals surface area contributed by atoms with Crippen molar-refractivity contribution in [3.8, 4) is 5.75 Å². The van der Waals surface area contributed by atoms with E-state index >= 15 is 0 Å². The first kappa shape index (κ1) is 30.0. The van der Waals surface area contributed by atoms with E-state index in [0.717, 1.165) is 17.5 Å². The Kier molecular flexibility index (Phi) is 8.98. The van der Waals surface area contributed by atoms with Crippen molar-refractivity contribution in [2.45, 2.75) is 97.5 Å². The van der Waals surface area contributed by atoms with Gasteiger partial charge in [-0.1, -0.05) is 48.9 Å². The maximum absolute atomic E-state index is 14.4. The molecule has 0 spiro atoms. The van der Waals surface area contributed by atoms with Crippen LogP contribution >= 0.6 is 0 Å². The number of carbonyl (C=O) groups is 3. The molecular weight excluding hydrogens is 494 g/mol. The summed E-state index contributed by atoms with van der Waals surface area (Å²) in [5.41, 5.74) is 1.17. The number of ether oxygens (including phenoxy) is 1. The summed E-state index contributed by atoms with van der Waals surface area (Å²) < 4.78 is 5.49. The summed E-state index contributed by atoms with van der Waals surface area (Å²) in [5, 5.41) is 15.6. The SMILES string of the molecule is Cc1cccc(C(C(=O)NC(C)(C)C)N(C(=O)C(Cc2ccc(O)cc2)NC(=O)OC(C)(C)C)C2CC2C)c1. The Morgan fingerprint density at radius 2 is 1.67 bits per heavy atom. The second-order valence-corrected chi connectivity index (χ2v) is 12.7. The Bertz CT molecular complexity index is 1180. The van der Waals surface area contributed by atoms with Crippen molar-refractivity contribution in [2.75, 3.05) is 0 Å². The molecule has 3 rings (SSSR count). The highest BCUT2D eigenvalue weighted by molar-refractivity contribution is 5.93. The Morgan fingerprint density at radius 3 is 2.18 bits per heavy atom. The highest BCUT2D eigenvalue weighted by atomic mass is 16.6. The number of carbonyl (C=O) groups excluding carboxylic acids is 3. The van der Waals surface area contributed by atoms with Gasteiger partial charge >= 0.3 is 6.09 Å². The zero-order valence-electron chi connectivity index (χ0n) is 24.4. The average molecular weight is 538 g/mol. The number of benzene rings is 2. The van der Waals surface area contributed by atoms with Gasteiger partial charge in [-0.05, 0) is 84.1 Å². The van der Waals surface area contributed by atoms with Gasteiger partial charge in [0.25, 0.3) is 0 Å². The summed E-state index contributed by atoms with van der Waals surface area (Å²) in [6.45, 7) is 15.0. The van der Waals surface area contributed by atoms with E-state index in [1.54, 1.807) is 37.8 Å². The molecule has 0 aliphatic heterocycles. The minimum absolute atomic E-state index is 0.105. The van der Waals surface area contributed by atoms with Crippen molar-refractivity contribution in [1.82, 2.24) is 15.5 Å². The van der Waals surface area contributed by atoms with E-state index in [2.05, 4.69) is 17.6 Å². The third-order valence-corrected chi connectivity index (χ3v) is 6.43. The molecule has 1 fully saturated rings. The molecule has 1 aliphatic rings. The smallest absolute Gasteiger partial charge is 0.408 e. The fourth-order valence-corrected chi connectivity index (χ4v) is 4.59. The first-order valence-electron chi connectivity index (χ1n) is 13.5. The summed E-state index contributed by atoms with van der Waals surface area (Å²) in [5.74, 6) is -0.326. The molecule has 8 heteroatoms. The zero-order chi connectivity index (χ0) is 29.1. The van der Waals surface area contributed by atoms with Crippen molar-refractivity contribution < 1.29 is 24.2 Å². The van der Waals surface area contributed by atoms with Crippen LogP contribution in [0.2, 0.25) is 0 Å². The molecule has 3 N–H and O–H groups in total. The van der Waals surface area contributed by atoms with E-state index in [0.29, 0.717) is 5.56 Å². The summed E-state index contributed by atoms with van der Waals surface area (Å²) >= 11 is 0. The number of phenols is 1. The van der Waals surface area contributed by atoms with Crippen molar-refractivity contribution in [3.05, 3.63) is 65.2 Å². The standard InChI is InChI=1S/C31H43N3O5/c1-19-10-9-11-22(16-19)26(27(36)33-30(3,4)5)34(25-17-20(25)2)28(37)24(32-29(38)39-31(6,7)8)18-21-12-14-23(35)15-13-21/h9-16,20,24-26,35H,17-18H2,1-8H3,(H,32,38)(H,33,36). The lowest BCUT2D eigenvalue weighted by atomic mass is 9.97. The minimum atomic E-state index is -0.994. The number of aryl methyl sites for hydroxylation is 1. The quantitative estimate of drug-likeness (QED) is 0.438. The maximum atomic E-state index is 14.4. The second-order valence-electron chi connectivity index (χ2n) is 12.7.